The van der Waals surface area contributed by atoms with Crippen LogP contribution in [0.3, 0.4) is 0 Å². The molecule has 0 heterocycles. The van der Waals surface area contributed by atoms with E-state index in [1.807, 2.05) is 0 Å². The number of halogens is 1. The van der Waals surface area contributed by atoms with Gasteiger partial charge in [-0.25, -0.2) is 0 Å². The van der Waals surface area contributed by atoms with E-state index in [9.17, 15) is 4.79 Å². The van der Waals surface area contributed by atoms with Gasteiger partial charge in [-0.2, -0.15) is 0 Å². The normalized spacial score (nSPS) is 9.69. The molecule has 0 N–H and O–H groups in total. The van der Waals surface area contributed by atoms with E-state index in [0.29, 0.717) is 11.3 Å². The molecular weight excluding hydrogens is 236 g/mol. The molecular formula is C9H9BrO3. The van der Waals surface area contributed by atoms with Gasteiger partial charge < -0.3 is 9.47 Å². The van der Waals surface area contributed by atoms with Crippen molar-refractivity contribution in [3.63, 3.8) is 0 Å². The highest BCUT2D eigenvalue weighted by Gasteiger charge is 2.01. The smallest absolute Gasteiger partial charge is 0.188 e. The van der Waals surface area contributed by atoms with Crippen molar-refractivity contribution >= 4 is 22.2 Å². The standard InChI is InChI=1S/C9H9BrO3/c1-12-6-13-9-4-7(5-11)2-3-8(9)10/h2-5H,6H2,1H3. The van der Waals surface area contributed by atoms with Gasteiger partial charge in [0.2, 0.25) is 0 Å². The third kappa shape index (κ3) is 2.82. The largest absolute Gasteiger partial charge is 0.466 e. The first-order valence-electron chi connectivity index (χ1n) is 3.64. The van der Waals surface area contributed by atoms with Gasteiger partial charge in [0.1, 0.15) is 12.0 Å². The van der Waals surface area contributed by atoms with Crippen LogP contribution in [0.25, 0.3) is 0 Å². The molecule has 0 saturated carbocycles. The summed E-state index contributed by atoms with van der Waals surface area (Å²) in [5.74, 6) is 0.603. The Morgan fingerprint density at radius 1 is 1.54 bits per heavy atom. The maximum absolute atomic E-state index is 10.4. The summed E-state index contributed by atoms with van der Waals surface area (Å²) in [7, 11) is 1.54. The average molecular weight is 245 g/mol. The third-order valence-corrected chi connectivity index (χ3v) is 2.08. The molecule has 0 spiro atoms. The Kier molecular flexibility index (Phi) is 3.92. The SMILES string of the molecule is COCOc1cc(C=O)ccc1Br. The van der Waals surface area contributed by atoms with E-state index in [1.165, 1.54) is 7.11 Å². The van der Waals surface area contributed by atoms with Gasteiger partial charge in [0.15, 0.2) is 6.79 Å². The summed E-state index contributed by atoms with van der Waals surface area (Å²) in [6, 6.07) is 5.11. The third-order valence-electron chi connectivity index (χ3n) is 1.42. The lowest BCUT2D eigenvalue weighted by Crippen LogP contribution is -1.99. The first kappa shape index (κ1) is 10.2. The predicted octanol–water partition coefficient (Wildman–Crippen LogP) is 2.24. The minimum absolute atomic E-state index is 0.168. The molecule has 1 aromatic carbocycles. The zero-order chi connectivity index (χ0) is 9.68. The van der Waals surface area contributed by atoms with Crippen LogP contribution in [0.4, 0.5) is 0 Å². The Balaban J connectivity index is 2.83. The molecule has 1 rings (SSSR count). The first-order valence-corrected chi connectivity index (χ1v) is 4.43. The van der Waals surface area contributed by atoms with E-state index >= 15 is 0 Å². The van der Waals surface area contributed by atoms with Crippen LogP contribution in [0.5, 0.6) is 5.75 Å². The van der Waals surface area contributed by atoms with Gasteiger partial charge in [-0.1, -0.05) is 6.07 Å². The van der Waals surface area contributed by atoms with Crippen LogP contribution in [-0.4, -0.2) is 20.2 Å². The predicted molar refractivity (Wildman–Crippen MR) is 52.0 cm³/mol. The Bertz CT molecular complexity index is 299. The van der Waals surface area contributed by atoms with Crippen molar-refractivity contribution in [1.29, 1.82) is 0 Å². The molecule has 1 aromatic rings. The lowest BCUT2D eigenvalue weighted by atomic mass is 10.2. The van der Waals surface area contributed by atoms with E-state index in [4.69, 9.17) is 9.47 Å². The van der Waals surface area contributed by atoms with Crippen LogP contribution in [0.2, 0.25) is 0 Å². The number of benzene rings is 1. The van der Waals surface area contributed by atoms with E-state index < -0.39 is 0 Å². The summed E-state index contributed by atoms with van der Waals surface area (Å²) in [4.78, 5) is 10.4. The number of ether oxygens (including phenoxy) is 2. The van der Waals surface area contributed by atoms with Gasteiger partial charge >= 0.3 is 0 Å². The fraction of sp³-hybridized carbons (Fsp3) is 0.222. The fourth-order valence-corrected chi connectivity index (χ4v) is 1.19. The molecule has 0 atom stereocenters. The Morgan fingerprint density at radius 3 is 2.92 bits per heavy atom. The van der Waals surface area contributed by atoms with Gasteiger partial charge in [-0.15, -0.1) is 0 Å². The van der Waals surface area contributed by atoms with Crippen LogP contribution in [-0.2, 0) is 4.74 Å². The highest BCUT2D eigenvalue weighted by Crippen LogP contribution is 2.25. The highest BCUT2D eigenvalue weighted by molar-refractivity contribution is 9.10. The number of carbonyl (C=O) groups is 1. The van der Waals surface area contributed by atoms with Gasteiger partial charge in [-0.3, -0.25) is 4.79 Å². The molecule has 0 radical (unpaired) electrons. The lowest BCUT2D eigenvalue weighted by Gasteiger charge is -2.06. The molecule has 4 heteroatoms. The van der Waals surface area contributed by atoms with Crippen LogP contribution in [0.15, 0.2) is 22.7 Å². The molecule has 0 saturated heterocycles. The van der Waals surface area contributed by atoms with Crippen molar-refractivity contribution in [2.45, 2.75) is 0 Å². The average Bonchev–Trinajstić information content (AvgIpc) is 2.17. The number of hydrogen-bond acceptors (Lipinski definition) is 3. The number of rotatable bonds is 4. The van der Waals surface area contributed by atoms with E-state index in [-0.39, 0.29) is 6.79 Å². The van der Waals surface area contributed by atoms with Gasteiger partial charge in [-0.05, 0) is 28.1 Å². The van der Waals surface area contributed by atoms with E-state index in [0.717, 1.165) is 10.8 Å². The van der Waals surface area contributed by atoms with Gasteiger partial charge in [0.25, 0.3) is 0 Å². The summed E-state index contributed by atoms with van der Waals surface area (Å²) >= 11 is 3.29. The number of aldehydes is 1. The summed E-state index contributed by atoms with van der Waals surface area (Å²) in [6.45, 7) is 0.168. The zero-order valence-electron chi connectivity index (χ0n) is 7.12. The van der Waals surface area contributed by atoms with Crippen molar-refractivity contribution in [2.75, 3.05) is 13.9 Å². The van der Waals surface area contributed by atoms with Crippen molar-refractivity contribution < 1.29 is 14.3 Å². The van der Waals surface area contributed by atoms with Crippen molar-refractivity contribution in [2.24, 2.45) is 0 Å². The maximum Gasteiger partial charge on any atom is 0.188 e. The minimum atomic E-state index is 0.168. The Labute approximate surface area is 84.8 Å². The molecule has 3 nitrogen and oxygen atoms in total. The second kappa shape index (κ2) is 4.99. The summed E-state index contributed by atoms with van der Waals surface area (Å²) in [5.41, 5.74) is 0.578. The van der Waals surface area contributed by atoms with E-state index in [2.05, 4.69) is 15.9 Å². The molecule has 0 aromatic heterocycles. The minimum Gasteiger partial charge on any atom is -0.466 e. The number of methoxy groups -OCH3 is 1. The van der Waals surface area contributed by atoms with Crippen LogP contribution >= 0.6 is 15.9 Å². The lowest BCUT2D eigenvalue weighted by molar-refractivity contribution is 0.0505. The molecule has 0 amide bonds. The van der Waals surface area contributed by atoms with Crippen LogP contribution < -0.4 is 4.74 Å². The molecule has 0 aliphatic rings. The summed E-state index contributed by atoms with van der Waals surface area (Å²) in [5, 5.41) is 0. The summed E-state index contributed by atoms with van der Waals surface area (Å²) < 4.78 is 10.7. The summed E-state index contributed by atoms with van der Waals surface area (Å²) in [6.07, 6.45) is 0.770. The molecule has 0 bridgehead atoms. The molecule has 0 fully saturated rings. The quantitative estimate of drug-likeness (QED) is 0.602. The van der Waals surface area contributed by atoms with Crippen molar-refractivity contribution in [3.05, 3.63) is 28.2 Å². The fourth-order valence-electron chi connectivity index (χ4n) is 0.826. The maximum atomic E-state index is 10.4. The van der Waals surface area contributed by atoms with Crippen molar-refractivity contribution in [3.8, 4) is 5.75 Å². The van der Waals surface area contributed by atoms with Crippen LogP contribution in [0, 0.1) is 0 Å². The molecule has 70 valence electrons. The Hall–Kier alpha value is -0.870. The molecule has 0 aliphatic carbocycles. The monoisotopic (exact) mass is 244 g/mol. The van der Waals surface area contributed by atoms with E-state index in [1.54, 1.807) is 18.2 Å². The zero-order valence-corrected chi connectivity index (χ0v) is 8.71. The van der Waals surface area contributed by atoms with Gasteiger partial charge in [0.05, 0.1) is 4.47 Å². The second-order valence-electron chi connectivity index (χ2n) is 2.36. The molecule has 0 unspecified atom stereocenters. The van der Waals surface area contributed by atoms with Crippen molar-refractivity contribution in [1.82, 2.24) is 0 Å². The second-order valence-corrected chi connectivity index (χ2v) is 3.21. The van der Waals surface area contributed by atoms with Gasteiger partial charge in [0, 0.05) is 12.7 Å². The topological polar surface area (TPSA) is 35.5 Å². The molecule has 13 heavy (non-hydrogen) atoms. The number of hydrogen-bond donors (Lipinski definition) is 0. The molecule has 0 aliphatic heterocycles. The number of carbonyl (C=O) groups excluding carboxylic acids is 1. The first-order chi connectivity index (χ1) is 6.27. The Morgan fingerprint density at radius 2 is 2.31 bits per heavy atom. The highest BCUT2D eigenvalue weighted by atomic mass is 79.9. The van der Waals surface area contributed by atoms with Crippen LogP contribution in [0.1, 0.15) is 10.4 Å².